The van der Waals surface area contributed by atoms with Crippen molar-refractivity contribution in [2.45, 2.75) is 44.2 Å². The third kappa shape index (κ3) is 4.43. The Morgan fingerprint density at radius 1 is 1.21 bits per heavy atom. The molecule has 0 bridgehead atoms. The number of hydrogen-bond acceptors (Lipinski definition) is 4. The molecule has 3 rings (SSSR count). The summed E-state index contributed by atoms with van der Waals surface area (Å²) in [5.41, 5.74) is 1.38. The summed E-state index contributed by atoms with van der Waals surface area (Å²) in [6.07, 6.45) is 1.54. The minimum Gasteiger partial charge on any atom is -0.481 e. The molecule has 0 saturated carbocycles. The maximum atomic E-state index is 11.7. The van der Waals surface area contributed by atoms with Crippen LogP contribution in [0.1, 0.15) is 38.6 Å². The second kappa shape index (κ2) is 8.29. The molecule has 0 radical (unpaired) electrons. The molecule has 3 aromatic rings. The van der Waals surface area contributed by atoms with Crippen molar-refractivity contribution in [2.24, 2.45) is 5.14 Å². The Morgan fingerprint density at radius 3 is 2.61 bits per heavy atom. The number of fused-ring (bicyclic) bond motifs is 1. The van der Waals surface area contributed by atoms with Crippen LogP contribution < -0.4 is 9.88 Å². The molecule has 1 aromatic heterocycles. The maximum absolute atomic E-state index is 11.7. The standard InChI is InChI=1S/C19H21Cl2N3O3S/c1-3-4-9-24-17-7-6-14(28(22,25)26)11-16(17)23-19(24)12(2)27-18-8-5-13(20)10-15(18)21/h5-8,10-12H,3-4,9H2,1-2H3,(H2,22,25,26)/t12-/m1/s1. The summed E-state index contributed by atoms with van der Waals surface area (Å²) in [5.74, 6) is 1.18. The van der Waals surface area contributed by atoms with Crippen LogP contribution in [0.2, 0.25) is 10.0 Å². The SMILES string of the molecule is CCCCn1c([C@@H](C)Oc2ccc(Cl)cc2Cl)nc2cc(S(N)(=O)=O)ccc21. The van der Waals surface area contributed by atoms with Gasteiger partial charge in [-0.05, 0) is 49.7 Å². The number of benzene rings is 2. The van der Waals surface area contributed by atoms with E-state index in [0.29, 0.717) is 27.1 Å². The molecule has 150 valence electrons. The topological polar surface area (TPSA) is 87.2 Å². The van der Waals surface area contributed by atoms with Crippen molar-refractivity contribution < 1.29 is 13.2 Å². The van der Waals surface area contributed by atoms with Gasteiger partial charge in [0.1, 0.15) is 5.75 Å². The van der Waals surface area contributed by atoms with E-state index in [2.05, 4.69) is 11.9 Å². The zero-order chi connectivity index (χ0) is 20.5. The van der Waals surface area contributed by atoms with E-state index < -0.39 is 16.1 Å². The van der Waals surface area contributed by atoms with Crippen LogP contribution in [-0.2, 0) is 16.6 Å². The van der Waals surface area contributed by atoms with Crippen LogP contribution >= 0.6 is 23.2 Å². The highest BCUT2D eigenvalue weighted by molar-refractivity contribution is 7.89. The van der Waals surface area contributed by atoms with Crippen LogP contribution in [0.15, 0.2) is 41.3 Å². The summed E-state index contributed by atoms with van der Waals surface area (Å²) in [4.78, 5) is 4.66. The number of imidazole rings is 1. The number of unbranched alkanes of at least 4 members (excludes halogenated alkanes) is 1. The van der Waals surface area contributed by atoms with Gasteiger partial charge in [0.15, 0.2) is 11.9 Å². The van der Waals surface area contributed by atoms with Crippen LogP contribution in [0.3, 0.4) is 0 Å². The van der Waals surface area contributed by atoms with Crippen molar-refractivity contribution in [1.29, 1.82) is 0 Å². The lowest BCUT2D eigenvalue weighted by Gasteiger charge is -2.17. The average Bonchev–Trinajstić information content (AvgIpc) is 2.99. The van der Waals surface area contributed by atoms with Crippen LogP contribution in [0, 0.1) is 0 Å². The van der Waals surface area contributed by atoms with E-state index in [1.807, 2.05) is 11.5 Å². The van der Waals surface area contributed by atoms with Gasteiger partial charge >= 0.3 is 0 Å². The normalized spacial score (nSPS) is 13.0. The molecule has 1 atom stereocenters. The molecule has 0 aliphatic carbocycles. The number of aromatic nitrogens is 2. The summed E-state index contributed by atoms with van der Waals surface area (Å²) in [6, 6.07) is 9.73. The minimum atomic E-state index is -3.80. The summed E-state index contributed by atoms with van der Waals surface area (Å²) in [6.45, 7) is 4.71. The molecule has 0 fully saturated rings. The van der Waals surface area contributed by atoms with Crippen molar-refractivity contribution in [1.82, 2.24) is 9.55 Å². The molecular formula is C19H21Cl2N3O3S. The zero-order valence-electron chi connectivity index (χ0n) is 15.5. The van der Waals surface area contributed by atoms with Crippen LogP contribution in [0.5, 0.6) is 5.75 Å². The number of primary sulfonamides is 1. The van der Waals surface area contributed by atoms with Crippen molar-refractivity contribution in [3.8, 4) is 5.75 Å². The smallest absolute Gasteiger partial charge is 0.238 e. The summed E-state index contributed by atoms with van der Waals surface area (Å²) >= 11 is 12.2. The molecule has 1 heterocycles. The quantitative estimate of drug-likeness (QED) is 0.562. The van der Waals surface area contributed by atoms with Crippen molar-refractivity contribution in [2.75, 3.05) is 0 Å². The Kier molecular flexibility index (Phi) is 6.19. The molecule has 0 aliphatic heterocycles. The Hall–Kier alpha value is -1.80. The Balaban J connectivity index is 2.04. The highest BCUT2D eigenvalue weighted by atomic mass is 35.5. The number of ether oxygens (including phenoxy) is 1. The van der Waals surface area contributed by atoms with E-state index in [4.69, 9.17) is 33.1 Å². The Labute approximate surface area is 174 Å². The van der Waals surface area contributed by atoms with Gasteiger partial charge in [0.05, 0.1) is 21.0 Å². The van der Waals surface area contributed by atoms with Gasteiger partial charge in [-0.1, -0.05) is 36.5 Å². The third-order valence-corrected chi connectivity index (χ3v) is 5.82. The van der Waals surface area contributed by atoms with E-state index in [9.17, 15) is 8.42 Å². The zero-order valence-corrected chi connectivity index (χ0v) is 17.9. The highest BCUT2D eigenvalue weighted by Crippen LogP contribution is 2.32. The first-order chi connectivity index (χ1) is 13.2. The lowest BCUT2D eigenvalue weighted by molar-refractivity contribution is 0.211. The van der Waals surface area contributed by atoms with E-state index in [-0.39, 0.29) is 4.90 Å². The minimum absolute atomic E-state index is 0.0287. The van der Waals surface area contributed by atoms with E-state index in [0.717, 1.165) is 24.9 Å². The Bertz CT molecular complexity index is 1110. The van der Waals surface area contributed by atoms with Crippen LogP contribution in [-0.4, -0.2) is 18.0 Å². The molecule has 0 aliphatic rings. The molecular weight excluding hydrogens is 421 g/mol. The first-order valence-electron chi connectivity index (χ1n) is 8.85. The lowest BCUT2D eigenvalue weighted by atomic mass is 10.3. The van der Waals surface area contributed by atoms with Crippen molar-refractivity contribution in [3.05, 3.63) is 52.3 Å². The fourth-order valence-electron chi connectivity index (χ4n) is 2.98. The van der Waals surface area contributed by atoms with Gasteiger partial charge in [-0.25, -0.2) is 18.5 Å². The fourth-order valence-corrected chi connectivity index (χ4v) is 3.97. The second-order valence-corrected chi connectivity index (χ2v) is 8.91. The number of rotatable bonds is 7. The number of hydrogen-bond donors (Lipinski definition) is 1. The number of halogens is 2. The van der Waals surface area contributed by atoms with Gasteiger partial charge in [0.25, 0.3) is 0 Å². The first-order valence-corrected chi connectivity index (χ1v) is 11.2. The summed E-state index contributed by atoms with van der Waals surface area (Å²) in [7, 11) is -3.80. The monoisotopic (exact) mass is 441 g/mol. The predicted molar refractivity (Wildman–Crippen MR) is 112 cm³/mol. The van der Waals surface area contributed by atoms with E-state index >= 15 is 0 Å². The number of aryl methyl sites for hydroxylation is 1. The van der Waals surface area contributed by atoms with Gasteiger partial charge in [-0.2, -0.15) is 0 Å². The van der Waals surface area contributed by atoms with Crippen molar-refractivity contribution in [3.63, 3.8) is 0 Å². The van der Waals surface area contributed by atoms with E-state index in [1.54, 1.807) is 24.3 Å². The largest absolute Gasteiger partial charge is 0.481 e. The van der Waals surface area contributed by atoms with Crippen LogP contribution in [0.4, 0.5) is 0 Å². The highest BCUT2D eigenvalue weighted by Gasteiger charge is 2.20. The molecule has 0 amide bonds. The molecule has 9 heteroatoms. The van der Waals surface area contributed by atoms with Crippen LogP contribution in [0.25, 0.3) is 11.0 Å². The number of sulfonamides is 1. The third-order valence-electron chi connectivity index (χ3n) is 4.37. The molecule has 0 saturated heterocycles. The van der Waals surface area contributed by atoms with Gasteiger partial charge in [0, 0.05) is 11.6 Å². The number of nitrogens with zero attached hydrogens (tertiary/aromatic N) is 2. The second-order valence-electron chi connectivity index (χ2n) is 6.51. The van der Waals surface area contributed by atoms with Crippen molar-refractivity contribution >= 4 is 44.3 Å². The van der Waals surface area contributed by atoms with Gasteiger partial charge in [-0.15, -0.1) is 0 Å². The molecule has 0 spiro atoms. The van der Waals surface area contributed by atoms with Gasteiger partial charge in [0.2, 0.25) is 10.0 Å². The number of nitrogens with two attached hydrogens (primary N) is 1. The summed E-state index contributed by atoms with van der Waals surface area (Å²) < 4.78 is 31.4. The molecule has 6 nitrogen and oxygen atoms in total. The lowest BCUT2D eigenvalue weighted by Crippen LogP contribution is -2.12. The first kappa shape index (κ1) is 20.9. The fraction of sp³-hybridized carbons (Fsp3) is 0.316. The Morgan fingerprint density at radius 2 is 1.96 bits per heavy atom. The average molecular weight is 442 g/mol. The van der Waals surface area contributed by atoms with Gasteiger partial charge < -0.3 is 9.30 Å². The predicted octanol–water partition coefficient (Wildman–Crippen LogP) is 4.93. The maximum Gasteiger partial charge on any atom is 0.238 e. The summed E-state index contributed by atoms with van der Waals surface area (Å²) in [5, 5.41) is 6.18. The molecule has 0 unspecified atom stereocenters. The van der Waals surface area contributed by atoms with E-state index in [1.165, 1.54) is 12.1 Å². The molecule has 28 heavy (non-hydrogen) atoms. The molecule has 2 aromatic carbocycles. The molecule has 2 N–H and O–H groups in total. The van der Waals surface area contributed by atoms with Gasteiger partial charge in [-0.3, -0.25) is 0 Å².